The molecule has 0 bridgehead atoms. The first-order valence-electron chi connectivity index (χ1n) is 7.12. The average molecular weight is 243 g/mol. The van der Waals surface area contributed by atoms with Crippen LogP contribution in [0, 0.1) is 0 Å². The number of hydrogen-bond acceptors (Lipinski definition) is 3. The molecule has 0 rings (SSSR count). The molecule has 0 unspecified atom stereocenters. The van der Waals surface area contributed by atoms with Crippen LogP contribution in [0.1, 0.15) is 59.3 Å². The highest BCUT2D eigenvalue weighted by Gasteiger charge is 2.05. The third kappa shape index (κ3) is 10.3. The Morgan fingerprint density at radius 3 is 2.24 bits per heavy atom. The molecule has 0 aromatic rings. The predicted molar refractivity (Wildman–Crippen MR) is 72.1 cm³/mol. The van der Waals surface area contributed by atoms with Gasteiger partial charge in [-0.25, -0.2) is 0 Å². The monoisotopic (exact) mass is 243 g/mol. The Hall–Kier alpha value is -0.570. The lowest BCUT2D eigenvalue weighted by Gasteiger charge is -2.16. The van der Waals surface area contributed by atoms with E-state index in [2.05, 4.69) is 25.7 Å². The van der Waals surface area contributed by atoms with Gasteiger partial charge in [0.15, 0.2) is 0 Å². The van der Waals surface area contributed by atoms with Crippen LogP contribution in [0.4, 0.5) is 0 Å². The van der Waals surface area contributed by atoms with Gasteiger partial charge < -0.3 is 9.64 Å². The molecule has 0 saturated carbocycles. The molecule has 102 valence electrons. The van der Waals surface area contributed by atoms with Crippen LogP contribution >= 0.6 is 0 Å². The van der Waals surface area contributed by atoms with Crippen LogP contribution in [0.5, 0.6) is 0 Å². The molecule has 0 atom stereocenters. The summed E-state index contributed by atoms with van der Waals surface area (Å²) in [6.45, 7) is 9.85. The summed E-state index contributed by atoms with van der Waals surface area (Å²) in [5.41, 5.74) is 0. The van der Waals surface area contributed by atoms with E-state index < -0.39 is 0 Å². The molecule has 0 aliphatic heterocycles. The van der Waals surface area contributed by atoms with Crippen molar-refractivity contribution in [2.75, 3.05) is 26.2 Å². The third-order valence-electron chi connectivity index (χ3n) is 3.04. The van der Waals surface area contributed by atoms with Gasteiger partial charge in [0.2, 0.25) is 0 Å². The van der Waals surface area contributed by atoms with Crippen molar-refractivity contribution in [1.29, 1.82) is 0 Å². The van der Waals surface area contributed by atoms with Crippen LogP contribution in [0.15, 0.2) is 0 Å². The summed E-state index contributed by atoms with van der Waals surface area (Å²) in [7, 11) is 0. The standard InChI is InChI=1S/C14H29NO2/c1-4-7-8-9-10-13-17-14(16)11-12-15(5-2)6-3/h4-13H2,1-3H3. The Morgan fingerprint density at radius 2 is 1.65 bits per heavy atom. The zero-order valence-electron chi connectivity index (χ0n) is 11.8. The van der Waals surface area contributed by atoms with Crippen molar-refractivity contribution in [2.45, 2.75) is 59.3 Å². The molecule has 0 aromatic heterocycles. The lowest BCUT2D eigenvalue weighted by Crippen LogP contribution is -2.26. The van der Waals surface area contributed by atoms with Gasteiger partial charge in [-0.15, -0.1) is 0 Å². The lowest BCUT2D eigenvalue weighted by atomic mass is 10.2. The lowest BCUT2D eigenvalue weighted by molar-refractivity contribution is -0.144. The van der Waals surface area contributed by atoms with Gasteiger partial charge in [-0.3, -0.25) is 4.79 Å². The average Bonchev–Trinajstić information content (AvgIpc) is 2.35. The maximum absolute atomic E-state index is 11.4. The maximum atomic E-state index is 11.4. The summed E-state index contributed by atoms with van der Waals surface area (Å²) in [6, 6.07) is 0. The van der Waals surface area contributed by atoms with Crippen molar-refractivity contribution in [2.24, 2.45) is 0 Å². The summed E-state index contributed by atoms with van der Waals surface area (Å²) in [5, 5.41) is 0. The van der Waals surface area contributed by atoms with Crippen molar-refractivity contribution >= 4 is 5.97 Å². The minimum atomic E-state index is -0.0487. The van der Waals surface area contributed by atoms with E-state index in [4.69, 9.17) is 4.74 Å². The SMILES string of the molecule is CCCCCCCOC(=O)CCN(CC)CC. The van der Waals surface area contributed by atoms with Crippen LogP contribution in [-0.4, -0.2) is 37.1 Å². The second kappa shape index (κ2) is 11.9. The number of hydrogen-bond donors (Lipinski definition) is 0. The second-order valence-electron chi connectivity index (χ2n) is 4.41. The second-order valence-corrected chi connectivity index (χ2v) is 4.41. The summed E-state index contributed by atoms with van der Waals surface area (Å²) < 4.78 is 5.20. The van der Waals surface area contributed by atoms with Crippen LogP contribution in [0.3, 0.4) is 0 Å². The summed E-state index contributed by atoms with van der Waals surface area (Å²) >= 11 is 0. The Bertz CT molecular complexity index is 179. The Kier molecular flexibility index (Phi) is 11.5. The molecule has 0 aliphatic rings. The quantitative estimate of drug-likeness (QED) is 0.412. The fourth-order valence-corrected chi connectivity index (χ4v) is 1.75. The van der Waals surface area contributed by atoms with E-state index in [9.17, 15) is 4.79 Å². The first kappa shape index (κ1) is 16.4. The van der Waals surface area contributed by atoms with Crippen molar-refractivity contribution in [3.63, 3.8) is 0 Å². The number of esters is 1. The number of rotatable bonds is 11. The number of carbonyl (C=O) groups is 1. The summed E-state index contributed by atoms with van der Waals surface area (Å²) in [4.78, 5) is 13.7. The maximum Gasteiger partial charge on any atom is 0.307 e. The van der Waals surface area contributed by atoms with Crippen LogP contribution in [-0.2, 0) is 9.53 Å². The van der Waals surface area contributed by atoms with Gasteiger partial charge in [-0.05, 0) is 19.5 Å². The van der Waals surface area contributed by atoms with Crippen molar-refractivity contribution < 1.29 is 9.53 Å². The first-order chi connectivity index (χ1) is 8.24. The molecule has 0 amide bonds. The van der Waals surface area contributed by atoms with Crippen molar-refractivity contribution in [3.8, 4) is 0 Å². The van der Waals surface area contributed by atoms with Gasteiger partial charge in [-0.1, -0.05) is 46.5 Å². The molecule has 0 radical (unpaired) electrons. The molecule has 17 heavy (non-hydrogen) atoms. The van der Waals surface area contributed by atoms with Crippen LogP contribution < -0.4 is 0 Å². The fourth-order valence-electron chi connectivity index (χ4n) is 1.75. The molecular formula is C14H29NO2. The zero-order chi connectivity index (χ0) is 12.9. The van der Waals surface area contributed by atoms with E-state index in [1.165, 1.54) is 25.7 Å². The van der Waals surface area contributed by atoms with E-state index in [0.29, 0.717) is 13.0 Å². The molecule has 3 heteroatoms. The van der Waals surface area contributed by atoms with E-state index >= 15 is 0 Å². The molecule has 0 heterocycles. The molecule has 0 spiro atoms. The first-order valence-corrected chi connectivity index (χ1v) is 7.12. The smallest absolute Gasteiger partial charge is 0.307 e. The highest BCUT2D eigenvalue weighted by atomic mass is 16.5. The van der Waals surface area contributed by atoms with Crippen molar-refractivity contribution in [3.05, 3.63) is 0 Å². The fraction of sp³-hybridized carbons (Fsp3) is 0.929. The van der Waals surface area contributed by atoms with E-state index in [1.807, 2.05) is 0 Å². The number of carbonyl (C=O) groups excluding carboxylic acids is 1. The van der Waals surface area contributed by atoms with Crippen molar-refractivity contribution in [1.82, 2.24) is 4.90 Å². The zero-order valence-corrected chi connectivity index (χ0v) is 11.8. The summed E-state index contributed by atoms with van der Waals surface area (Å²) in [6.07, 6.45) is 6.51. The van der Waals surface area contributed by atoms with E-state index in [1.54, 1.807) is 0 Å². The van der Waals surface area contributed by atoms with E-state index in [-0.39, 0.29) is 5.97 Å². The van der Waals surface area contributed by atoms with Gasteiger partial charge in [0.05, 0.1) is 13.0 Å². The number of ether oxygens (including phenoxy) is 1. The van der Waals surface area contributed by atoms with Gasteiger partial charge in [0.25, 0.3) is 0 Å². The predicted octanol–water partition coefficient (Wildman–Crippen LogP) is 3.23. The number of unbranched alkanes of at least 4 members (excludes halogenated alkanes) is 4. The third-order valence-corrected chi connectivity index (χ3v) is 3.04. The number of nitrogens with zero attached hydrogens (tertiary/aromatic N) is 1. The highest BCUT2D eigenvalue weighted by molar-refractivity contribution is 5.69. The minimum Gasteiger partial charge on any atom is -0.466 e. The Balaban J connectivity index is 3.34. The largest absolute Gasteiger partial charge is 0.466 e. The van der Waals surface area contributed by atoms with Gasteiger partial charge in [-0.2, -0.15) is 0 Å². The molecule has 3 nitrogen and oxygen atoms in total. The highest BCUT2D eigenvalue weighted by Crippen LogP contribution is 2.03. The van der Waals surface area contributed by atoms with Gasteiger partial charge in [0.1, 0.15) is 0 Å². The minimum absolute atomic E-state index is 0.0487. The van der Waals surface area contributed by atoms with E-state index in [0.717, 1.165) is 26.1 Å². The molecule has 0 saturated heterocycles. The van der Waals surface area contributed by atoms with Crippen LogP contribution in [0.25, 0.3) is 0 Å². The topological polar surface area (TPSA) is 29.5 Å². The molecule has 0 aliphatic carbocycles. The molecule has 0 N–H and O–H groups in total. The van der Waals surface area contributed by atoms with Gasteiger partial charge in [0, 0.05) is 6.54 Å². The Labute approximate surface area is 107 Å². The molecule has 0 fully saturated rings. The molecule has 0 aromatic carbocycles. The Morgan fingerprint density at radius 1 is 1.00 bits per heavy atom. The van der Waals surface area contributed by atoms with Gasteiger partial charge >= 0.3 is 5.97 Å². The van der Waals surface area contributed by atoms with Crippen LogP contribution in [0.2, 0.25) is 0 Å². The molecular weight excluding hydrogens is 214 g/mol. The summed E-state index contributed by atoms with van der Waals surface area (Å²) in [5.74, 6) is -0.0487. The normalized spacial score (nSPS) is 10.8.